The first kappa shape index (κ1) is 14.5. The third-order valence-electron chi connectivity index (χ3n) is 2.49. The summed E-state index contributed by atoms with van der Waals surface area (Å²) in [5, 5.41) is 17.6. The fourth-order valence-electron chi connectivity index (χ4n) is 1.67. The van der Waals surface area contributed by atoms with Crippen LogP contribution in [-0.4, -0.2) is 29.3 Å². The summed E-state index contributed by atoms with van der Waals surface area (Å²) >= 11 is 3.29. The Kier molecular flexibility index (Phi) is 5.15. The topological polar surface area (TPSA) is 83.8 Å². The predicted molar refractivity (Wildman–Crippen MR) is 67.9 cm³/mol. The van der Waals surface area contributed by atoms with Gasteiger partial charge in [0.15, 0.2) is 0 Å². The number of carboxylic acids is 2. The maximum Gasteiger partial charge on any atom is 0.303 e. The van der Waals surface area contributed by atoms with Gasteiger partial charge in [0.2, 0.25) is 0 Å². The van der Waals surface area contributed by atoms with E-state index in [-0.39, 0.29) is 12.8 Å². The van der Waals surface area contributed by atoms with Crippen LogP contribution in [-0.2, 0) is 9.59 Å². The summed E-state index contributed by atoms with van der Waals surface area (Å²) < 4.78 is 5.73. The van der Waals surface area contributed by atoms with Gasteiger partial charge in [-0.1, -0.05) is 6.07 Å². The Bertz CT molecular complexity index is 442. The zero-order valence-electron chi connectivity index (χ0n) is 9.72. The molecule has 2 N–H and O–H groups in total. The quantitative estimate of drug-likeness (QED) is 0.842. The lowest BCUT2D eigenvalue weighted by Gasteiger charge is -2.14. The molecule has 18 heavy (non-hydrogen) atoms. The van der Waals surface area contributed by atoms with E-state index in [1.807, 2.05) is 0 Å². The first-order chi connectivity index (χ1) is 8.43. The fraction of sp³-hybridized carbons (Fsp3) is 0.333. The lowest BCUT2D eigenvalue weighted by atomic mass is 9.92. The van der Waals surface area contributed by atoms with Crippen molar-refractivity contribution in [2.75, 3.05) is 7.11 Å². The van der Waals surface area contributed by atoms with Crippen LogP contribution < -0.4 is 4.74 Å². The second-order valence-corrected chi connectivity index (χ2v) is 4.64. The highest BCUT2D eigenvalue weighted by Gasteiger charge is 2.19. The molecule has 0 aliphatic rings. The molecule has 0 aromatic heterocycles. The van der Waals surface area contributed by atoms with Crippen LogP contribution in [0.4, 0.5) is 0 Å². The van der Waals surface area contributed by atoms with Crippen molar-refractivity contribution in [1.29, 1.82) is 0 Å². The van der Waals surface area contributed by atoms with E-state index in [1.54, 1.807) is 18.2 Å². The van der Waals surface area contributed by atoms with E-state index < -0.39 is 17.9 Å². The van der Waals surface area contributed by atoms with Crippen LogP contribution in [0.15, 0.2) is 22.7 Å². The third-order valence-corrected chi connectivity index (χ3v) is 3.11. The van der Waals surface area contributed by atoms with Crippen molar-refractivity contribution in [1.82, 2.24) is 0 Å². The van der Waals surface area contributed by atoms with E-state index in [4.69, 9.17) is 14.9 Å². The van der Waals surface area contributed by atoms with Crippen molar-refractivity contribution in [2.24, 2.45) is 0 Å². The molecule has 1 aromatic carbocycles. The van der Waals surface area contributed by atoms with Crippen LogP contribution in [0.1, 0.15) is 24.3 Å². The Hall–Kier alpha value is -1.56. The number of hydrogen-bond acceptors (Lipinski definition) is 3. The maximum absolute atomic E-state index is 10.7. The predicted octanol–water partition coefficient (Wildman–Crippen LogP) is 2.49. The van der Waals surface area contributed by atoms with Crippen molar-refractivity contribution in [3.8, 4) is 5.75 Å². The average molecular weight is 317 g/mol. The molecule has 1 rings (SSSR count). The smallest absolute Gasteiger partial charge is 0.303 e. The average Bonchev–Trinajstić information content (AvgIpc) is 2.26. The van der Waals surface area contributed by atoms with Gasteiger partial charge in [0, 0.05) is 5.92 Å². The summed E-state index contributed by atoms with van der Waals surface area (Å²) in [6.45, 7) is 0. The van der Waals surface area contributed by atoms with Gasteiger partial charge in [-0.05, 0) is 33.6 Å². The van der Waals surface area contributed by atoms with E-state index >= 15 is 0 Å². The van der Waals surface area contributed by atoms with Crippen molar-refractivity contribution in [2.45, 2.75) is 18.8 Å². The molecular weight excluding hydrogens is 304 g/mol. The van der Waals surface area contributed by atoms with Gasteiger partial charge in [-0.15, -0.1) is 0 Å². The highest BCUT2D eigenvalue weighted by Crippen LogP contribution is 2.31. The minimum atomic E-state index is -1.02. The van der Waals surface area contributed by atoms with E-state index in [9.17, 15) is 9.59 Å². The first-order valence-electron chi connectivity index (χ1n) is 5.21. The summed E-state index contributed by atoms with van der Waals surface area (Å²) in [6, 6.07) is 5.05. The second-order valence-electron chi connectivity index (χ2n) is 3.79. The molecule has 0 fully saturated rings. The molecule has 0 aliphatic carbocycles. The van der Waals surface area contributed by atoms with Crippen LogP contribution in [0.5, 0.6) is 5.75 Å². The van der Waals surface area contributed by atoms with Crippen molar-refractivity contribution in [3.63, 3.8) is 0 Å². The maximum atomic E-state index is 10.7. The molecule has 0 unspecified atom stereocenters. The highest BCUT2D eigenvalue weighted by atomic mass is 79.9. The van der Waals surface area contributed by atoms with Gasteiger partial charge >= 0.3 is 11.9 Å². The lowest BCUT2D eigenvalue weighted by molar-refractivity contribution is -0.139. The number of carboxylic acid groups (broad SMARTS) is 2. The van der Waals surface area contributed by atoms with Crippen molar-refractivity contribution in [3.05, 3.63) is 28.2 Å². The number of halogens is 1. The zero-order valence-corrected chi connectivity index (χ0v) is 11.3. The minimum Gasteiger partial charge on any atom is -0.496 e. The SMILES string of the molecule is COc1ccc(C(CC(=O)O)CC(=O)O)cc1Br. The van der Waals surface area contributed by atoms with Crippen LogP contribution in [0.3, 0.4) is 0 Å². The molecule has 0 spiro atoms. The minimum absolute atomic E-state index is 0.217. The molecule has 0 saturated carbocycles. The van der Waals surface area contributed by atoms with Crippen LogP contribution >= 0.6 is 15.9 Å². The second kappa shape index (κ2) is 6.39. The first-order valence-corrected chi connectivity index (χ1v) is 6.00. The molecule has 0 saturated heterocycles. The van der Waals surface area contributed by atoms with Gasteiger partial charge < -0.3 is 14.9 Å². The lowest BCUT2D eigenvalue weighted by Crippen LogP contribution is -2.11. The number of ether oxygens (including phenoxy) is 1. The van der Waals surface area contributed by atoms with Gasteiger partial charge in [0.1, 0.15) is 5.75 Å². The van der Waals surface area contributed by atoms with E-state index in [1.165, 1.54) is 7.11 Å². The third kappa shape index (κ3) is 4.03. The Morgan fingerprint density at radius 3 is 2.22 bits per heavy atom. The van der Waals surface area contributed by atoms with Crippen LogP contribution in [0.2, 0.25) is 0 Å². The highest BCUT2D eigenvalue weighted by molar-refractivity contribution is 9.10. The molecule has 0 heterocycles. The molecule has 0 bridgehead atoms. The number of aliphatic carboxylic acids is 2. The Balaban J connectivity index is 3.00. The number of carbonyl (C=O) groups is 2. The van der Waals surface area contributed by atoms with Gasteiger partial charge in [0.05, 0.1) is 24.4 Å². The molecule has 0 aliphatic heterocycles. The normalized spacial score (nSPS) is 10.4. The van der Waals surface area contributed by atoms with Gasteiger partial charge in [-0.2, -0.15) is 0 Å². The molecule has 0 amide bonds. The molecule has 5 nitrogen and oxygen atoms in total. The molecule has 1 aromatic rings. The standard InChI is InChI=1S/C12H13BrO5/c1-18-10-3-2-7(4-9(10)13)8(5-11(14)15)6-12(16)17/h2-4,8H,5-6H2,1H3,(H,14,15)(H,16,17). The number of benzene rings is 1. The number of rotatable bonds is 6. The number of methoxy groups -OCH3 is 1. The van der Waals surface area contributed by atoms with E-state index in [2.05, 4.69) is 15.9 Å². The molecule has 98 valence electrons. The largest absolute Gasteiger partial charge is 0.496 e. The number of hydrogen-bond donors (Lipinski definition) is 2. The van der Waals surface area contributed by atoms with Crippen molar-refractivity contribution < 1.29 is 24.5 Å². The van der Waals surface area contributed by atoms with Crippen molar-refractivity contribution >= 4 is 27.9 Å². The Morgan fingerprint density at radius 2 is 1.83 bits per heavy atom. The van der Waals surface area contributed by atoms with Gasteiger partial charge in [-0.3, -0.25) is 9.59 Å². The van der Waals surface area contributed by atoms with Gasteiger partial charge in [0.25, 0.3) is 0 Å². The summed E-state index contributed by atoms with van der Waals surface area (Å²) in [5.74, 6) is -1.98. The van der Waals surface area contributed by atoms with E-state index in [0.29, 0.717) is 15.8 Å². The molecule has 0 atom stereocenters. The monoisotopic (exact) mass is 316 g/mol. The zero-order chi connectivity index (χ0) is 13.7. The van der Waals surface area contributed by atoms with Crippen LogP contribution in [0, 0.1) is 0 Å². The Morgan fingerprint density at radius 1 is 1.28 bits per heavy atom. The molecular formula is C12H13BrO5. The summed E-state index contributed by atoms with van der Waals surface area (Å²) in [5.41, 5.74) is 0.660. The molecule has 6 heteroatoms. The van der Waals surface area contributed by atoms with Crippen LogP contribution in [0.25, 0.3) is 0 Å². The molecule has 0 radical (unpaired) electrons. The fourth-order valence-corrected chi connectivity index (χ4v) is 2.22. The summed E-state index contributed by atoms with van der Waals surface area (Å²) in [4.78, 5) is 21.5. The van der Waals surface area contributed by atoms with E-state index in [0.717, 1.165) is 0 Å². The van der Waals surface area contributed by atoms with Gasteiger partial charge in [-0.25, -0.2) is 0 Å². The summed E-state index contributed by atoms with van der Waals surface area (Å²) in [7, 11) is 1.52. The summed E-state index contributed by atoms with van der Waals surface area (Å²) in [6.07, 6.45) is -0.434. The Labute approximate surface area is 113 Å².